The summed E-state index contributed by atoms with van der Waals surface area (Å²) in [6.07, 6.45) is 0. The van der Waals surface area contributed by atoms with E-state index in [9.17, 15) is 10.4 Å². The van der Waals surface area contributed by atoms with Crippen LogP contribution in [0.15, 0.2) is 71.4 Å². The van der Waals surface area contributed by atoms with Gasteiger partial charge in [0.15, 0.2) is 7.91 Å². The summed E-state index contributed by atoms with van der Waals surface area (Å²) in [4.78, 5) is 0. The first kappa shape index (κ1) is 22.4. The number of hydrogen-bond donors (Lipinski definition) is 2. The van der Waals surface area contributed by atoms with Gasteiger partial charge >= 0.3 is 21.0 Å². The Kier molecular flexibility index (Phi) is 8.97. The predicted molar refractivity (Wildman–Crippen MR) is 112 cm³/mol. The predicted octanol–water partition coefficient (Wildman–Crippen LogP) is 6.25. The zero-order chi connectivity index (χ0) is 20.5. The fourth-order valence-electron chi connectivity index (χ4n) is 2.21. The molecule has 4 aromatic rings. The van der Waals surface area contributed by atoms with Gasteiger partial charge in [-0.05, 0) is 24.4 Å². The van der Waals surface area contributed by atoms with E-state index in [2.05, 4.69) is 0 Å². The molecule has 28 heavy (non-hydrogen) atoms. The van der Waals surface area contributed by atoms with E-state index in [0.717, 1.165) is 49.3 Å². The minimum absolute atomic E-state index is 0.471. The van der Waals surface area contributed by atoms with Crippen LogP contribution in [0.25, 0.3) is 22.5 Å². The molecule has 143 valence electrons. The Morgan fingerprint density at radius 3 is 1.25 bits per heavy atom. The molecule has 0 bridgehead atoms. The molecule has 0 saturated heterocycles. The van der Waals surface area contributed by atoms with E-state index in [1.165, 1.54) is 22.7 Å². The Bertz CT molecular complexity index is 1030. The summed E-state index contributed by atoms with van der Waals surface area (Å²) in [5.74, 6) is 0. The Hall–Kier alpha value is -1.88. The van der Waals surface area contributed by atoms with Crippen molar-refractivity contribution in [3.05, 3.63) is 79.3 Å². The maximum atomic E-state index is 9.51. The number of thiazole rings is 2. The van der Waals surface area contributed by atoms with Crippen LogP contribution >= 0.6 is 47.1 Å². The van der Waals surface area contributed by atoms with E-state index in [4.69, 9.17) is 28.1 Å². The Balaban J connectivity index is 0.000000184. The third-order valence-electron chi connectivity index (χ3n) is 3.48. The minimum atomic E-state index is 0.471. The molecular formula is C18H14N2O3S4V. The Labute approximate surface area is 188 Å². The summed E-state index contributed by atoms with van der Waals surface area (Å²) in [6.45, 7) is 0. The molecule has 0 radical (unpaired) electrons. The number of rotatable bonds is 2. The fourth-order valence-corrected chi connectivity index (χ4v) is 3.99. The fraction of sp³-hybridized carbons (Fsp3) is 0. The van der Waals surface area contributed by atoms with Gasteiger partial charge < -0.3 is 10.4 Å². The summed E-state index contributed by atoms with van der Waals surface area (Å²) in [5, 5.41) is 22.7. The molecule has 0 atom stereocenters. The van der Waals surface area contributed by atoms with Crippen LogP contribution in [0, 0.1) is 7.91 Å². The van der Waals surface area contributed by atoms with Crippen molar-refractivity contribution in [2.24, 2.45) is 0 Å². The van der Waals surface area contributed by atoms with Crippen LogP contribution in [-0.4, -0.2) is 19.9 Å². The first-order valence-corrected chi connectivity index (χ1v) is 10.8. The van der Waals surface area contributed by atoms with Crippen molar-refractivity contribution in [1.29, 1.82) is 0 Å². The molecule has 5 nitrogen and oxygen atoms in total. The van der Waals surface area contributed by atoms with E-state index >= 15 is 0 Å². The van der Waals surface area contributed by atoms with Crippen LogP contribution in [0.4, 0.5) is 0 Å². The molecular weight excluding hydrogens is 471 g/mol. The first-order chi connectivity index (χ1) is 13.6. The van der Waals surface area contributed by atoms with Crippen molar-refractivity contribution in [2.75, 3.05) is 0 Å². The van der Waals surface area contributed by atoms with Crippen molar-refractivity contribution >= 4 is 47.1 Å². The van der Waals surface area contributed by atoms with Crippen molar-refractivity contribution in [1.82, 2.24) is 9.46 Å². The van der Waals surface area contributed by atoms with Gasteiger partial charge in [0.2, 0.25) is 0 Å². The Morgan fingerprint density at radius 1 is 0.679 bits per heavy atom. The van der Waals surface area contributed by atoms with Crippen LogP contribution in [0.5, 0.6) is 0 Å². The van der Waals surface area contributed by atoms with E-state index < -0.39 is 0 Å². The number of nitrogens with zero attached hydrogens (tertiary/aromatic N) is 2. The summed E-state index contributed by atoms with van der Waals surface area (Å²) in [5.41, 5.74) is 3.43. The van der Waals surface area contributed by atoms with Crippen LogP contribution in [0.3, 0.4) is 0 Å². The molecule has 0 fully saturated rings. The van der Waals surface area contributed by atoms with Gasteiger partial charge in [-0.15, -0.1) is 22.7 Å². The van der Waals surface area contributed by atoms with Crippen molar-refractivity contribution in [3.8, 4) is 22.5 Å². The van der Waals surface area contributed by atoms with E-state index in [1.807, 2.05) is 71.4 Å². The molecule has 2 heterocycles. The second-order valence-corrected chi connectivity index (χ2v) is 8.14. The van der Waals surface area contributed by atoms with Crippen molar-refractivity contribution < 1.29 is 31.5 Å². The molecule has 0 amide bonds. The summed E-state index contributed by atoms with van der Waals surface area (Å²) < 4.78 is 11.2. The van der Waals surface area contributed by atoms with Gasteiger partial charge in [-0.1, -0.05) is 60.7 Å². The van der Waals surface area contributed by atoms with E-state index in [-0.39, 0.29) is 0 Å². The monoisotopic (exact) mass is 485 g/mol. The van der Waals surface area contributed by atoms with Gasteiger partial charge in [0.25, 0.3) is 0 Å². The van der Waals surface area contributed by atoms with E-state index in [0.29, 0.717) is 7.91 Å². The van der Waals surface area contributed by atoms with Crippen molar-refractivity contribution in [3.63, 3.8) is 0 Å². The normalized spacial score (nSPS) is 9.54. The maximum absolute atomic E-state index is 9.51. The van der Waals surface area contributed by atoms with Gasteiger partial charge in [0, 0.05) is 21.9 Å². The number of aromatic nitrogens is 2. The molecule has 2 aromatic carbocycles. The first-order valence-electron chi connectivity index (χ1n) is 7.66. The molecule has 0 aliphatic carbocycles. The van der Waals surface area contributed by atoms with Gasteiger partial charge in [-0.2, -0.15) is 9.46 Å². The number of hydrogen-bond acceptors (Lipinski definition) is 7. The summed E-state index contributed by atoms with van der Waals surface area (Å²) in [7, 11) is 0. The SMILES string of the molecule is On1c(-c2ccccc2)csc1=S.On1c(-c2ccccc2)csc1=S.[O]=[V]. The molecule has 4 rings (SSSR count). The van der Waals surface area contributed by atoms with Crippen LogP contribution in [-0.2, 0) is 21.0 Å². The molecule has 0 aliphatic heterocycles. The molecule has 2 N–H and O–H groups in total. The van der Waals surface area contributed by atoms with Crippen LogP contribution in [0.2, 0.25) is 0 Å². The van der Waals surface area contributed by atoms with Gasteiger partial charge in [0.1, 0.15) is 0 Å². The average molecular weight is 486 g/mol. The zero-order valence-corrected chi connectivity index (χ0v) is 18.9. The Morgan fingerprint density at radius 2 is 1.00 bits per heavy atom. The molecule has 2 aromatic heterocycles. The van der Waals surface area contributed by atoms with E-state index in [1.54, 1.807) is 0 Å². The number of benzene rings is 2. The molecule has 0 spiro atoms. The third kappa shape index (κ3) is 5.57. The van der Waals surface area contributed by atoms with Crippen LogP contribution in [0.1, 0.15) is 0 Å². The molecule has 0 saturated carbocycles. The molecule has 0 unspecified atom stereocenters. The molecule has 10 heteroatoms. The second kappa shape index (κ2) is 11.2. The zero-order valence-electron chi connectivity index (χ0n) is 14.2. The van der Waals surface area contributed by atoms with Crippen molar-refractivity contribution in [2.45, 2.75) is 0 Å². The van der Waals surface area contributed by atoms with Gasteiger partial charge in [-0.3, -0.25) is 0 Å². The summed E-state index contributed by atoms with van der Waals surface area (Å²) in [6, 6.07) is 19.3. The molecule has 0 aliphatic rings. The van der Waals surface area contributed by atoms with Gasteiger partial charge in [0.05, 0.1) is 11.4 Å². The third-order valence-corrected chi connectivity index (χ3v) is 5.84. The average Bonchev–Trinajstić information content (AvgIpc) is 3.27. The summed E-state index contributed by atoms with van der Waals surface area (Å²) >= 11 is 13.6. The standard InChI is InChI=1S/2C9H7NOS2.O.V/c2*11-10-8(6-13-9(10)12)7-4-2-1-3-5-7;;/h2*1-6,11H;;. The van der Waals surface area contributed by atoms with Gasteiger partial charge in [-0.25, -0.2) is 0 Å². The topological polar surface area (TPSA) is 67.4 Å². The second-order valence-electron chi connectivity index (χ2n) is 5.13. The van der Waals surface area contributed by atoms with Crippen LogP contribution < -0.4 is 0 Å². The quantitative estimate of drug-likeness (QED) is 0.260.